The van der Waals surface area contributed by atoms with Crippen LogP contribution in [0.2, 0.25) is 0 Å². The first-order valence-corrected chi connectivity index (χ1v) is 13.4. The van der Waals surface area contributed by atoms with Gasteiger partial charge in [0.2, 0.25) is 6.29 Å². The Hall–Kier alpha value is -3.31. The maximum Gasteiger partial charge on any atom is 0.229 e. The van der Waals surface area contributed by atoms with Crippen LogP contribution in [0.25, 0.3) is 6.08 Å². The topological polar surface area (TPSA) is 214 Å². The van der Waals surface area contributed by atoms with Crippen molar-refractivity contribution in [1.82, 2.24) is 0 Å². The minimum atomic E-state index is -1.71. The van der Waals surface area contributed by atoms with Crippen molar-refractivity contribution >= 4 is 11.9 Å². The van der Waals surface area contributed by atoms with Crippen molar-refractivity contribution in [2.45, 2.75) is 68.3 Å². The number of rotatable bonds is 10. The van der Waals surface area contributed by atoms with Gasteiger partial charge in [0.15, 0.2) is 23.6 Å². The third kappa shape index (κ3) is 7.26. The van der Waals surface area contributed by atoms with Gasteiger partial charge in [-0.2, -0.15) is 0 Å². The van der Waals surface area contributed by atoms with Crippen LogP contribution in [0.15, 0.2) is 42.5 Å². The number of methoxy groups -OCH3 is 2. The summed E-state index contributed by atoms with van der Waals surface area (Å²) < 4.78 is 32.6. The lowest BCUT2D eigenvalue weighted by Gasteiger charge is -2.42. The Kier molecular flexibility index (Phi) is 10.6. The fourth-order valence-electron chi connectivity index (χ4n) is 4.65. The molecule has 2 aliphatic rings. The Morgan fingerprint density at radius 2 is 1.49 bits per heavy atom. The monoisotopic (exact) mass is 608 g/mol. The average molecular weight is 609 g/mol. The summed E-state index contributed by atoms with van der Waals surface area (Å²) in [6.07, 6.45) is -11.7. The van der Waals surface area contributed by atoms with Crippen LogP contribution >= 0.6 is 0 Å². The molecule has 2 aromatic carbocycles. The number of phenols is 1. The van der Waals surface area contributed by atoms with Crippen LogP contribution in [0.4, 0.5) is 0 Å². The first kappa shape index (κ1) is 32.6. The van der Waals surface area contributed by atoms with E-state index >= 15 is 0 Å². The second-order valence-corrected chi connectivity index (χ2v) is 10.1. The van der Waals surface area contributed by atoms with Crippen molar-refractivity contribution in [3.63, 3.8) is 0 Å². The molecule has 2 heterocycles. The number of aliphatic hydroxyl groups is 6. The van der Waals surface area contributed by atoms with Crippen LogP contribution in [-0.2, 0) is 14.2 Å². The summed E-state index contributed by atoms with van der Waals surface area (Å²) in [5.41, 5.74) is 0.740. The molecule has 0 amide bonds. The zero-order valence-electron chi connectivity index (χ0n) is 23.6. The number of ether oxygens (including phenoxy) is 6. The molecule has 4 rings (SSSR count). The second-order valence-electron chi connectivity index (χ2n) is 10.1. The third-order valence-corrected chi connectivity index (χ3v) is 7.22. The van der Waals surface area contributed by atoms with E-state index in [9.17, 15) is 40.5 Å². The van der Waals surface area contributed by atoms with Gasteiger partial charge in [-0.3, -0.25) is 4.79 Å². The normalized spacial score (nSPS) is 32.9. The van der Waals surface area contributed by atoms with Crippen LogP contribution in [0.1, 0.15) is 22.8 Å². The number of benzene rings is 2. The molecule has 2 aliphatic heterocycles. The Labute approximate surface area is 246 Å². The number of ketones is 1. The van der Waals surface area contributed by atoms with Crippen molar-refractivity contribution < 1.29 is 69.0 Å². The first-order valence-electron chi connectivity index (χ1n) is 13.4. The van der Waals surface area contributed by atoms with Gasteiger partial charge < -0.3 is 64.2 Å². The standard InChI is InChI=1S/C29H36O14/c1-13-22(32)24(34)26(36)28(41-13)40-12-21-23(33)25(35)27(37)29(43-21)42-15-6-7-16(20(11-15)39-3)17(30)8-4-14-5-9-19(38-2)18(31)10-14/h4-11,13,21-29,31-37H,12H2,1-3H3/b8-4+/t13-,21+,22-,23+,24+,25-,26+,27+,28+,29+/m0/s1. The third-order valence-electron chi connectivity index (χ3n) is 7.22. The highest BCUT2D eigenvalue weighted by Gasteiger charge is 2.47. The Morgan fingerprint density at radius 3 is 2.16 bits per heavy atom. The summed E-state index contributed by atoms with van der Waals surface area (Å²) in [4.78, 5) is 12.9. The smallest absolute Gasteiger partial charge is 0.229 e. The number of carbonyl (C=O) groups is 1. The molecule has 0 bridgehead atoms. The van der Waals surface area contributed by atoms with Gasteiger partial charge in [0.05, 0.1) is 32.5 Å². The lowest BCUT2D eigenvalue weighted by Crippen LogP contribution is -2.61. The second kappa shape index (κ2) is 14.0. The predicted octanol–water partition coefficient (Wildman–Crippen LogP) is -0.664. The number of hydrogen-bond acceptors (Lipinski definition) is 14. The first-order chi connectivity index (χ1) is 20.4. The molecule has 7 N–H and O–H groups in total. The number of carbonyl (C=O) groups excluding carboxylic acids is 1. The van der Waals surface area contributed by atoms with E-state index in [0.717, 1.165) is 0 Å². The largest absolute Gasteiger partial charge is 0.504 e. The highest BCUT2D eigenvalue weighted by molar-refractivity contribution is 6.08. The van der Waals surface area contributed by atoms with E-state index in [2.05, 4.69) is 0 Å². The lowest BCUT2D eigenvalue weighted by molar-refractivity contribution is -0.318. The van der Waals surface area contributed by atoms with Crippen molar-refractivity contribution in [2.24, 2.45) is 0 Å². The molecule has 14 heteroatoms. The summed E-state index contributed by atoms with van der Waals surface area (Å²) in [6.45, 7) is 1.03. The van der Waals surface area contributed by atoms with Gasteiger partial charge in [-0.25, -0.2) is 0 Å². The summed E-state index contributed by atoms with van der Waals surface area (Å²) in [5.74, 6) is 0.0295. The summed E-state index contributed by atoms with van der Waals surface area (Å²) in [7, 11) is 2.77. The van der Waals surface area contributed by atoms with Gasteiger partial charge in [-0.05, 0) is 42.8 Å². The van der Waals surface area contributed by atoms with Gasteiger partial charge in [-0.15, -0.1) is 0 Å². The van der Waals surface area contributed by atoms with E-state index in [-0.39, 0.29) is 22.8 Å². The number of phenolic OH excluding ortho intramolecular Hbond substituents is 1. The molecule has 0 aromatic heterocycles. The molecule has 236 valence electrons. The van der Waals surface area contributed by atoms with Crippen LogP contribution in [-0.4, -0.2) is 124 Å². The van der Waals surface area contributed by atoms with Crippen LogP contribution in [0, 0.1) is 0 Å². The maximum absolute atomic E-state index is 12.9. The minimum absolute atomic E-state index is 0.0807. The van der Waals surface area contributed by atoms with Crippen LogP contribution in [0.5, 0.6) is 23.0 Å². The Morgan fingerprint density at radius 1 is 0.814 bits per heavy atom. The molecule has 10 atom stereocenters. The number of aromatic hydroxyl groups is 1. The molecule has 0 aliphatic carbocycles. The summed E-state index contributed by atoms with van der Waals surface area (Å²) in [6, 6.07) is 8.88. The van der Waals surface area contributed by atoms with Gasteiger partial charge in [0.25, 0.3) is 0 Å². The van der Waals surface area contributed by atoms with E-state index in [1.165, 1.54) is 57.6 Å². The SMILES string of the molecule is COc1ccc(/C=C/C(=O)c2ccc(O[C@@H]3O[C@H](CO[C@@H]4O[C@@H](C)[C@H](O)[C@@H](O)[C@H]4O)[C@@H](O)[C@H](O)[C@H]3O)cc2OC)cc1O. The van der Waals surface area contributed by atoms with E-state index in [4.69, 9.17) is 28.4 Å². The summed E-state index contributed by atoms with van der Waals surface area (Å²) >= 11 is 0. The molecule has 2 aromatic rings. The molecule has 0 saturated carbocycles. The van der Waals surface area contributed by atoms with Crippen LogP contribution < -0.4 is 14.2 Å². The molecular weight excluding hydrogens is 572 g/mol. The zero-order chi connectivity index (χ0) is 31.4. The molecule has 0 radical (unpaired) electrons. The fourth-order valence-corrected chi connectivity index (χ4v) is 4.65. The number of aliphatic hydroxyl groups excluding tert-OH is 6. The summed E-state index contributed by atoms with van der Waals surface area (Å²) in [5, 5.41) is 71.3. The van der Waals surface area contributed by atoms with Crippen molar-refractivity contribution in [2.75, 3.05) is 20.8 Å². The molecule has 0 unspecified atom stereocenters. The fraction of sp³-hybridized carbons (Fsp3) is 0.483. The molecular formula is C29H36O14. The highest BCUT2D eigenvalue weighted by atomic mass is 16.7. The molecule has 2 fully saturated rings. The van der Waals surface area contributed by atoms with E-state index in [1.54, 1.807) is 12.1 Å². The molecule has 0 spiro atoms. The van der Waals surface area contributed by atoms with Gasteiger partial charge in [-0.1, -0.05) is 12.1 Å². The van der Waals surface area contributed by atoms with Crippen molar-refractivity contribution in [1.29, 1.82) is 0 Å². The molecule has 14 nitrogen and oxygen atoms in total. The predicted molar refractivity (Wildman–Crippen MR) is 147 cm³/mol. The number of allylic oxidation sites excluding steroid dienone is 1. The average Bonchev–Trinajstić information content (AvgIpc) is 3.00. The minimum Gasteiger partial charge on any atom is -0.504 e. The quantitative estimate of drug-likeness (QED) is 0.132. The van der Waals surface area contributed by atoms with Gasteiger partial charge in [0, 0.05) is 6.07 Å². The van der Waals surface area contributed by atoms with Crippen molar-refractivity contribution in [3.8, 4) is 23.0 Å². The highest BCUT2D eigenvalue weighted by Crippen LogP contribution is 2.31. The Bertz CT molecular complexity index is 1280. The molecule has 2 saturated heterocycles. The van der Waals surface area contributed by atoms with Gasteiger partial charge in [0.1, 0.15) is 54.2 Å². The molecule has 43 heavy (non-hydrogen) atoms. The van der Waals surface area contributed by atoms with E-state index in [0.29, 0.717) is 11.3 Å². The van der Waals surface area contributed by atoms with Gasteiger partial charge >= 0.3 is 0 Å². The Balaban J connectivity index is 1.42. The van der Waals surface area contributed by atoms with E-state index < -0.39 is 73.8 Å². The van der Waals surface area contributed by atoms with E-state index in [1.807, 2.05) is 0 Å². The number of hydrogen-bond donors (Lipinski definition) is 7. The van der Waals surface area contributed by atoms with Crippen molar-refractivity contribution in [3.05, 3.63) is 53.6 Å². The van der Waals surface area contributed by atoms with Crippen LogP contribution in [0.3, 0.4) is 0 Å². The lowest BCUT2D eigenvalue weighted by atomic mass is 9.98. The maximum atomic E-state index is 12.9. The zero-order valence-corrected chi connectivity index (χ0v) is 23.6.